The Morgan fingerprint density at radius 1 is 1.21 bits per heavy atom. The van der Waals surface area contributed by atoms with Crippen LogP contribution in [0.2, 0.25) is 0 Å². The van der Waals surface area contributed by atoms with E-state index in [-0.39, 0.29) is 6.04 Å². The number of para-hydroxylation sites is 1. The highest BCUT2D eigenvalue weighted by molar-refractivity contribution is 5.78. The fraction of sp³-hybridized carbons (Fsp3) is 0.316. The minimum Gasteiger partial charge on any atom is -0.457 e. The molecule has 0 heterocycles. The first-order valence-corrected chi connectivity index (χ1v) is 7.96. The number of benzene rings is 2. The molecule has 1 atom stereocenters. The van der Waals surface area contributed by atoms with Gasteiger partial charge in [0, 0.05) is 18.7 Å². The molecule has 0 aromatic heterocycles. The second-order valence-electron chi connectivity index (χ2n) is 5.73. The fourth-order valence-corrected chi connectivity index (χ4v) is 2.26. The summed E-state index contributed by atoms with van der Waals surface area (Å²) in [5.41, 5.74) is 8.04. The van der Waals surface area contributed by atoms with Crippen molar-refractivity contribution in [3.63, 3.8) is 0 Å². The summed E-state index contributed by atoms with van der Waals surface area (Å²) < 4.78 is 11.1. The lowest BCUT2D eigenvalue weighted by Gasteiger charge is -2.14. The molecule has 1 unspecified atom stereocenters. The predicted octanol–water partition coefficient (Wildman–Crippen LogP) is 3.23. The average molecular weight is 327 g/mol. The molecule has 2 aromatic rings. The molecule has 128 valence electrons. The van der Waals surface area contributed by atoms with Gasteiger partial charge in [-0.2, -0.15) is 0 Å². The molecule has 24 heavy (non-hydrogen) atoms. The maximum Gasteiger partial charge on any atom is 0.189 e. The van der Waals surface area contributed by atoms with Gasteiger partial charge in [-0.25, -0.2) is 4.99 Å². The van der Waals surface area contributed by atoms with Gasteiger partial charge in [-0.3, -0.25) is 0 Å². The average Bonchev–Trinajstić information content (AvgIpc) is 2.55. The number of nitrogens with zero attached hydrogens (tertiary/aromatic N) is 1. The lowest BCUT2D eigenvalue weighted by Crippen LogP contribution is -2.40. The van der Waals surface area contributed by atoms with Gasteiger partial charge in [0.2, 0.25) is 0 Å². The van der Waals surface area contributed by atoms with E-state index < -0.39 is 0 Å². The molecule has 0 radical (unpaired) electrons. The number of methoxy groups -OCH3 is 1. The van der Waals surface area contributed by atoms with Gasteiger partial charge in [0.15, 0.2) is 5.96 Å². The molecule has 0 fully saturated rings. The third-order valence-electron chi connectivity index (χ3n) is 3.42. The minimum atomic E-state index is 0.108. The van der Waals surface area contributed by atoms with Crippen molar-refractivity contribution in [2.45, 2.75) is 26.4 Å². The second-order valence-corrected chi connectivity index (χ2v) is 5.73. The highest BCUT2D eigenvalue weighted by atomic mass is 16.5. The van der Waals surface area contributed by atoms with Crippen LogP contribution < -0.4 is 15.8 Å². The first-order chi connectivity index (χ1) is 11.6. The summed E-state index contributed by atoms with van der Waals surface area (Å²) in [7, 11) is 1.66. The SMILES string of the molecule is COCC(C)NC(N)=NCc1ccc(C)cc1Oc1ccccc1. The predicted molar refractivity (Wildman–Crippen MR) is 97.5 cm³/mol. The number of nitrogens with two attached hydrogens (primary N) is 1. The quantitative estimate of drug-likeness (QED) is 0.605. The zero-order valence-electron chi connectivity index (χ0n) is 14.5. The Hall–Kier alpha value is -2.53. The first-order valence-electron chi connectivity index (χ1n) is 7.96. The van der Waals surface area contributed by atoms with Crippen LogP contribution in [0.3, 0.4) is 0 Å². The number of ether oxygens (including phenoxy) is 2. The first kappa shape index (κ1) is 17.8. The highest BCUT2D eigenvalue weighted by Gasteiger charge is 2.07. The fourth-order valence-electron chi connectivity index (χ4n) is 2.26. The zero-order chi connectivity index (χ0) is 17.4. The number of hydrogen-bond acceptors (Lipinski definition) is 3. The molecule has 0 saturated heterocycles. The van der Waals surface area contributed by atoms with Gasteiger partial charge in [-0.15, -0.1) is 0 Å². The van der Waals surface area contributed by atoms with Crippen molar-refractivity contribution in [2.75, 3.05) is 13.7 Å². The van der Waals surface area contributed by atoms with Crippen LogP contribution in [0.25, 0.3) is 0 Å². The van der Waals surface area contributed by atoms with Crippen molar-refractivity contribution >= 4 is 5.96 Å². The normalized spacial score (nSPS) is 12.7. The molecule has 0 aliphatic heterocycles. The van der Waals surface area contributed by atoms with E-state index in [1.807, 2.05) is 62.4 Å². The molecule has 3 N–H and O–H groups in total. The molecule has 0 aliphatic carbocycles. The maximum atomic E-state index is 5.99. The monoisotopic (exact) mass is 327 g/mol. The number of aryl methyl sites for hydroxylation is 1. The lowest BCUT2D eigenvalue weighted by atomic mass is 10.1. The molecule has 2 rings (SSSR count). The molecule has 0 aliphatic rings. The van der Waals surface area contributed by atoms with Crippen LogP contribution in [-0.2, 0) is 11.3 Å². The van der Waals surface area contributed by atoms with E-state index in [1.165, 1.54) is 0 Å². The minimum absolute atomic E-state index is 0.108. The van der Waals surface area contributed by atoms with E-state index in [1.54, 1.807) is 7.11 Å². The summed E-state index contributed by atoms with van der Waals surface area (Å²) in [6.45, 7) is 5.04. The van der Waals surface area contributed by atoms with E-state index in [2.05, 4.69) is 10.3 Å². The van der Waals surface area contributed by atoms with Crippen LogP contribution >= 0.6 is 0 Å². The summed E-state index contributed by atoms with van der Waals surface area (Å²) in [5.74, 6) is 1.99. The Morgan fingerprint density at radius 3 is 2.67 bits per heavy atom. The van der Waals surface area contributed by atoms with E-state index in [0.29, 0.717) is 19.1 Å². The molecule has 2 aromatic carbocycles. The summed E-state index contributed by atoms with van der Waals surface area (Å²) in [6, 6.07) is 15.9. The number of aliphatic imine (C=N–C) groups is 1. The largest absolute Gasteiger partial charge is 0.457 e. The number of rotatable bonds is 7. The maximum absolute atomic E-state index is 5.99. The Balaban J connectivity index is 2.09. The van der Waals surface area contributed by atoms with Gasteiger partial charge in [0.05, 0.1) is 13.2 Å². The van der Waals surface area contributed by atoms with Crippen molar-refractivity contribution in [3.05, 3.63) is 59.7 Å². The Labute approximate surface area is 143 Å². The zero-order valence-corrected chi connectivity index (χ0v) is 14.5. The van der Waals surface area contributed by atoms with E-state index in [9.17, 15) is 0 Å². The lowest BCUT2D eigenvalue weighted by molar-refractivity contribution is 0.179. The van der Waals surface area contributed by atoms with Crippen LogP contribution in [-0.4, -0.2) is 25.7 Å². The van der Waals surface area contributed by atoms with Gasteiger partial charge < -0.3 is 20.5 Å². The summed E-state index contributed by atoms with van der Waals surface area (Å²) >= 11 is 0. The summed E-state index contributed by atoms with van der Waals surface area (Å²) in [4.78, 5) is 4.40. The second kappa shape index (κ2) is 8.93. The van der Waals surface area contributed by atoms with Gasteiger partial charge in [0.25, 0.3) is 0 Å². The van der Waals surface area contributed by atoms with Crippen LogP contribution in [0.15, 0.2) is 53.5 Å². The number of nitrogens with one attached hydrogen (secondary N) is 1. The molecule has 5 nitrogen and oxygen atoms in total. The summed E-state index contributed by atoms with van der Waals surface area (Å²) in [5, 5.41) is 3.09. The van der Waals surface area contributed by atoms with Crippen molar-refractivity contribution in [3.8, 4) is 11.5 Å². The van der Waals surface area contributed by atoms with Crippen LogP contribution in [0, 0.1) is 6.92 Å². The Morgan fingerprint density at radius 2 is 1.96 bits per heavy atom. The molecular weight excluding hydrogens is 302 g/mol. The molecule has 0 amide bonds. The van der Waals surface area contributed by atoms with Crippen LogP contribution in [0.1, 0.15) is 18.1 Å². The molecule has 0 bridgehead atoms. The molecule has 0 spiro atoms. The third-order valence-corrected chi connectivity index (χ3v) is 3.42. The summed E-state index contributed by atoms with van der Waals surface area (Å²) in [6.07, 6.45) is 0. The van der Waals surface area contributed by atoms with Gasteiger partial charge in [0.1, 0.15) is 11.5 Å². The van der Waals surface area contributed by atoms with E-state index in [4.69, 9.17) is 15.2 Å². The Kier molecular flexibility index (Phi) is 6.63. The molecule has 5 heteroatoms. The van der Waals surface area contributed by atoms with Crippen molar-refractivity contribution in [2.24, 2.45) is 10.7 Å². The number of guanidine groups is 1. The highest BCUT2D eigenvalue weighted by Crippen LogP contribution is 2.27. The van der Waals surface area contributed by atoms with Crippen molar-refractivity contribution in [1.82, 2.24) is 5.32 Å². The third kappa shape index (κ3) is 5.59. The van der Waals surface area contributed by atoms with Crippen molar-refractivity contribution in [1.29, 1.82) is 0 Å². The van der Waals surface area contributed by atoms with Gasteiger partial charge in [-0.05, 0) is 37.6 Å². The molecule has 0 saturated carbocycles. The number of hydrogen-bond donors (Lipinski definition) is 2. The molecular formula is C19H25N3O2. The van der Waals surface area contributed by atoms with Gasteiger partial charge in [-0.1, -0.05) is 30.3 Å². The Bertz CT molecular complexity index is 672. The standard InChI is InChI=1S/C19H25N3O2/c1-14-9-10-16(12-21-19(20)22-15(2)13-23-3)18(11-14)24-17-7-5-4-6-8-17/h4-11,15H,12-13H2,1-3H3,(H3,20,21,22). The van der Waals surface area contributed by atoms with Crippen LogP contribution in [0.4, 0.5) is 0 Å². The van der Waals surface area contributed by atoms with Crippen molar-refractivity contribution < 1.29 is 9.47 Å². The van der Waals surface area contributed by atoms with E-state index >= 15 is 0 Å². The topological polar surface area (TPSA) is 68.9 Å². The smallest absolute Gasteiger partial charge is 0.189 e. The van der Waals surface area contributed by atoms with Gasteiger partial charge >= 0.3 is 0 Å². The van der Waals surface area contributed by atoms with Crippen LogP contribution in [0.5, 0.6) is 11.5 Å². The van der Waals surface area contributed by atoms with E-state index in [0.717, 1.165) is 22.6 Å².